The highest BCUT2D eigenvalue weighted by Crippen LogP contribution is 2.56. The van der Waals surface area contributed by atoms with E-state index in [0.29, 0.717) is 0 Å². The van der Waals surface area contributed by atoms with Crippen molar-refractivity contribution in [3.8, 4) is 0 Å². The van der Waals surface area contributed by atoms with Crippen molar-refractivity contribution in [3.63, 3.8) is 0 Å². The van der Waals surface area contributed by atoms with Crippen LogP contribution in [0.15, 0.2) is 0 Å². The van der Waals surface area contributed by atoms with Crippen LogP contribution in [0.3, 0.4) is 0 Å². The Morgan fingerprint density at radius 1 is 1.50 bits per heavy atom. The summed E-state index contributed by atoms with van der Waals surface area (Å²) in [6.45, 7) is 6.04. The van der Waals surface area contributed by atoms with Crippen LogP contribution < -0.4 is 0 Å². The fraction of sp³-hybridized carbons (Fsp3) is 1.00. The lowest BCUT2D eigenvalue weighted by molar-refractivity contribution is 0.504. The lowest BCUT2D eigenvalue weighted by Gasteiger charge is -2.22. The number of rotatable bonds is 3. The smallest absolute Gasteiger partial charge is 0.234 e. The van der Waals surface area contributed by atoms with Crippen molar-refractivity contribution in [2.75, 3.05) is 6.26 Å². The van der Waals surface area contributed by atoms with E-state index in [2.05, 4.69) is 0 Å². The second kappa shape index (κ2) is 3.69. The van der Waals surface area contributed by atoms with Crippen LogP contribution in [0.2, 0.25) is 19.6 Å². The van der Waals surface area contributed by atoms with Gasteiger partial charge in [0.05, 0.1) is 0 Å². The zero-order valence-corrected chi connectivity index (χ0v) is 10.1. The molecule has 0 saturated carbocycles. The minimum Gasteiger partial charge on any atom is -0.364 e. The van der Waals surface area contributed by atoms with E-state index in [1.807, 2.05) is 19.6 Å². The molecule has 0 spiro atoms. The van der Waals surface area contributed by atoms with Crippen LogP contribution in [0, 0.1) is 0 Å². The van der Waals surface area contributed by atoms with Crippen LogP contribution in [-0.2, 0) is 16.0 Å². The molecular weight excluding hydrogens is 203 g/mol. The van der Waals surface area contributed by atoms with Crippen molar-refractivity contribution >= 4 is 37.2 Å². The summed E-state index contributed by atoms with van der Waals surface area (Å²) in [7, 11) is -1.64. The summed E-state index contributed by atoms with van der Waals surface area (Å²) >= 11 is 6.08. The zero-order valence-electron chi connectivity index (χ0n) is 6.62. The van der Waals surface area contributed by atoms with E-state index in [9.17, 15) is 4.89 Å². The predicted octanol–water partition coefficient (Wildman–Crippen LogP) is 2.42. The molecule has 0 radical (unpaired) electrons. The van der Waals surface area contributed by atoms with Crippen LogP contribution in [-0.4, -0.2) is 19.5 Å². The molecule has 0 amide bonds. The Kier molecular flexibility index (Phi) is 4.11. The molecule has 10 heavy (non-hydrogen) atoms. The summed E-state index contributed by atoms with van der Waals surface area (Å²) in [6, 6.07) is 0. The van der Waals surface area contributed by atoms with Gasteiger partial charge in [-0.3, -0.25) is 0 Å². The second-order valence-electron chi connectivity index (χ2n) is 2.85. The monoisotopic (exact) mass is 216 g/mol. The van der Waals surface area contributed by atoms with Gasteiger partial charge in [0.15, 0.2) is 8.32 Å². The van der Waals surface area contributed by atoms with Crippen LogP contribution in [0.5, 0.6) is 0 Å². The normalized spacial score (nSPS) is 18.5. The summed E-state index contributed by atoms with van der Waals surface area (Å²) < 4.78 is 5.36. The van der Waals surface area contributed by atoms with Gasteiger partial charge in [0.25, 0.3) is 0 Å². The molecule has 0 fully saturated rings. The minimum atomic E-state index is -2.48. The second-order valence-corrected chi connectivity index (χ2v) is 13.9. The SMILES string of the molecule is CSP(O)(=S)O[Si](C)(C)C. The van der Waals surface area contributed by atoms with Crippen molar-refractivity contribution in [1.82, 2.24) is 0 Å². The number of hydrogen-bond donors (Lipinski definition) is 1. The average molecular weight is 216 g/mol. The molecule has 0 rings (SSSR count). The Morgan fingerprint density at radius 2 is 1.90 bits per heavy atom. The van der Waals surface area contributed by atoms with E-state index in [-0.39, 0.29) is 0 Å². The first-order valence-corrected chi connectivity index (χ1v) is 10.8. The van der Waals surface area contributed by atoms with Gasteiger partial charge in [0.2, 0.25) is 5.69 Å². The Bertz CT molecular complexity index is 156. The maximum atomic E-state index is 9.36. The molecule has 0 aliphatic heterocycles. The molecule has 0 aromatic rings. The van der Waals surface area contributed by atoms with Crippen molar-refractivity contribution in [2.24, 2.45) is 0 Å². The van der Waals surface area contributed by atoms with Gasteiger partial charge in [0.1, 0.15) is 0 Å². The Labute approximate surface area is 72.4 Å². The van der Waals surface area contributed by atoms with Crippen LogP contribution in [0.4, 0.5) is 0 Å². The van der Waals surface area contributed by atoms with Gasteiger partial charge < -0.3 is 9.11 Å². The largest absolute Gasteiger partial charge is 0.364 e. The third kappa shape index (κ3) is 5.89. The fourth-order valence-corrected chi connectivity index (χ4v) is 8.15. The Balaban J connectivity index is 4.03. The fourth-order valence-electron chi connectivity index (χ4n) is 0.383. The molecule has 0 bridgehead atoms. The molecule has 1 unspecified atom stereocenters. The van der Waals surface area contributed by atoms with E-state index in [1.54, 1.807) is 6.26 Å². The lowest BCUT2D eigenvalue weighted by atomic mass is 11.8. The summed E-state index contributed by atoms with van der Waals surface area (Å²) in [4.78, 5) is 9.36. The average Bonchev–Trinajstić information content (AvgIpc) is 1.60. The summed E-state index contributed by atoms with van der Waals surface area (Å²) in [6.07, 6.45) is 1.78. The summed E-state index contributed by atoms with van der Waals surface area (Å²) in [5.74, 6) is 0. The first-order chi connectivity index (χ1) is 4.27. The topological polar surface area (TPSA) is 29.5 Å². The maximum absolute atomic E-state index is 9.36. The van der Waals surface area contributed by atoms with Gasteiger partial charge >= 0.3 is 0 Å². The minimum absolute atomic E-state index is 1.25. The van der Waals surface area contributed by atoms with E-state index in [1.165, 1.54) is 11.4 Å². The van der Waals surface area contributed by atoms with Gasteiger partial charge in [-0.25, -0.2) is 0 Å². The van der Waals surface area contributed by atoms with Crippen molar-refractivity contribution in [2.45, 2.75) is 19.6 Å². The van der Waals surface area contributed by atoms with E-state index >= 15 is 0 Å². The van der Waals surface area contributed by atoms with Gasteiger partial charge in [-0.05, 0) is 37.7 Å². The van der Waals surface area contributed by atoms with Crippen LogP contribution >= 0.6 is 17.1 Å². The summed E-state index contributed by atoms with van der Waals surface area (Å²) in [5, 5.41) is 0. The summed E-state index contributed by atoms with van der Waals surface area (Å²) in [5.41, 5.74) is -2.48. The molecule has 0 aromatic heterocycles. The van der Waals surface area contributed by atoms with Crippen molar-refractivity contribution < 1.29 is 9.11 Å². The molecular formula is C4H13O2PS2Si. The quantitative estimate of drug-likeness (QED) is 0.579. The van der Waals surface area contributed by atoms with Crippen LogP contribution in [0.25, 0.3) is 0 Å². The molecule has 0 aliphatic carbocycles. The molecule has 0 heterocycles. The molecule has 0 saturated heterocycles. The van der Waals surface area contributed by atoms with Gasteiger partial charge in [-0.1, -0.05) is 11.4 Å². The predicted molar refractivity (Wildman–Crippen MR) is 54.4 cm³/mol. The standard InChI is InChI=1S/C4H13O2PS2Si/c1-9-7(5,8)6-10(2,3)4/h1-4H3,(H,5,8). The van der Waals surface area contributed by atoms with Gasteiger partial charge in [-0.15, -0.1) is 0 Å². The van der Waals surface area contributed by atoms with E-state index < -0.39 is 14.0 Å². The molecule has 6 heteroatoms. The maximum Gasteiger partial charge on any atom is 0.234 e. The number of hydrogen-bond acceptors (Lipinski definition) is 3. The third-order valence-electron chi connectivity index (χ3n) is 0.620. The van der Waals surface area contributed by atoms with E-state index in [4.69, 9.17) is 16.0 Å². The molecule has 0 aromatic carbocycles. The van der Waals surface area contributed by atoms with Gasteiger partial charge in [-0.2, -0.15) is 0 Å². The zero-order chi connectivity index (χ0) is 8.41. The first-order valence-electron chi connectivity index (χ1n) is 2.86. The molecule has 62 valence electrons. The van der Waals surface area contributed by atoms with Gasteiger partial charge in [0, 0.05) is 0 Å². The molecule has 1 N–H and O–H groups in total. The Hall–Kier alpha value is 1.14. The van der Waals surface area contributed by atoms with E-state index in [0.717, 1.165) is 0 Å². The molecule has 1 atom stereocenters. The molecule has 0 aliphatic rings. The molecule has 2 nitrogen and oxygen atoms in total. The first kappa shape index (κ1) is 11.1. The highest BCUT2D eigenvalue weighted by Gasteiger charge is 2.23. The van der Waals surface area contributed by atoms with Crippen LogP contribution in [0.1, 0.15) is 0 Å². The Morgan fingerprint density at radius 3 is 2.00 bits per heavy atom. The lowest BCUT2D eigenvalue weighted by Crippen LogP contribution is -2.22. The highest BCUT2D eigenvalue weighted by atomic mass is 32.9. The van der Waals surface area contributed by atoms with Crippen molar-refractivity contribution in [1.29, 1.82) is 0 Å². The highest BCUT2D eigenvalue weighted by molar-refractivity contribution is 8.67. The third-order valence-corrected chi connectivity index (χ3v) is 8.26. The van der Waals surface area contributed by atoms with Crippen molar-refractivity contribution in [3.05, 3.63) is 0 Å².